The van der Waals surface area contributed by atoms with Crippen LogP contribution in [0.5, 0.6) is 0 Å². The fourth-order valence-corrected chi connectivity index (χ4v) is 1.28. The Bertz CT molecular complexity index is 636. The zero-order valence-electron chi connectivity index (χ0n) is 8.90. The maximum Gasteiger partial charge on any atom is 0.471 e. The molecule has 0 radical (unpaired) electrons. The van der Waals surface area contributed by atoms with Gasteiger partial charge in [0, 0.05) is 0 Å². The molecule has 100 valence electrons. The van der Waals surface area contributed by atoms with Crippen LogP contribution in [-0.2, 0) is 6.18 Å². The van der Waals surface area contributed by atoms with Gasteiger partial charge in [-0.2, -0.15) is 18.2 Å². The van der Waals surface area contributed by atoms with Crippen LogP contribution in [-0.4, -0.2) is 21.2 Å². The molecule has 0 aliphatic rings. The van der Waals surface area contributed by atoms with Crippen LogP contribution in [0.3, 0.4) is 0 Å². The van der Waals surface area contributed by atoms with Crippen LogP contribution in [0.1, 0.15) is 16.2 Å². The zero-order chi connectivity index (χ0) is 14.2. The fourth-order valence-electron chi connectivity index (χ4n) is 1.28. The van der Waals surface area contributed by atoms with Gasteiger partial charge >= 0.3 is 18.0 Å². The highest BCUT2D eigenvalue weighted by Crippen LogP contribution is 2.30. The van der Waals surface area contributed by atoms with Gasteiger partial charge in [0.05, 0.1) is 11.1 Å². The third-order valence-electron chi connectivity index (χ3n) is 2.13. The Kier molecular flexibility index (Phi) is 2.97. The summed E-state index contributed by atoms with van der Waals surface area (Å²) in [5.41, 5.74) is -0.731. The van der Waals surface area contributed by atoms with E-state index in [1.54, 1.807) is 0 Å². The molecule has 0 spiro atoms. The summed E-state index contributed by atoms with van der Waals surface area (Å²) < 4.78 is 54.1. The Morgan fingerprint density at radius 2 is 2.00 bits per heavy atom. The van der Waals surface area contributed by atoms with Gasteiger partial charge in [0.2, 0.25) is 5.82 Å². The molecule has 2 aromatic rings. The van der Waals surface area contributed by atoms with E-state index in [4.69, 9.17) is 5.11 Å². The molecule has 0 fully saturated rings. The molecule has 0 saturated heterocycles. The van der Waals surface area contributed by atoms with Gasteiger partial charge < -0.3 is 9.63 Å². The van der Waals surface area contributed by atoms with Crippen LogP contribution in [0.15, 0.2) is 22.7 Å². The molecule has 0 atom stereocenters. The maximum absolute atomic E-state index is 13.5. The third kappa shape index (κ3) is 2.54. The third-order valence-corrected chi connectivity index (χ3v) is 2.13. The number of nitrogens with zero attached hydrogens (tertiary/aromatic N) is 2. The SMILES string of the molecule is O=C(O)c1ccc(-c2noc(C(F)(F)F)n2)c(F)c1. The van der Waals surface area contributed by atoms with E-state index in [0.29, 0.717) is 6.07 Å². The van der Waals surface area contributed by atoms with Gasteiger partial charge in [-0.15, -0.1) is 0 Å². The Labute approximate surface area is 102 Å². The van der Waals surface area contributed by atoms with Crippen LogP contribution >= 0.6 is 0 Å². The Morgan fingerprint density at radius 1 is 1.32 bits per heavy atom. The Hall–Kier alpha value is -2.45. The topological polar surface area (TPSA) is 76.2 Å². The van der Waals surface area contributed by atoms with Crippen molar-refractivity contribution in [2.24, 2.45) is 0 Å². The van der Waals surface area contributed by atoms with Crippen molar-refractivity contribution in [1.29, 1.82) is 0 Å². The van der Waals surface area contributed by atoms with Gasteiger partial charge in [-0.05, 0) is 18.2 Å². The molecule has 0 aliphatic heterocycles. The minimum Gasteiger partial charge on any atom is -0.478 e. The first-order valence-corrected chi connectivity index (χ1v) is 4.73. The van der Waals surface area contributed by atoms with E-state index in [2.05, 4.69) is 14.7 Å². The van der Waals surface area contributed by atoms with Gasteiger partial charge in [-0.1, -0.05) is 5.16 Å². The number of carboxylic acids is 1. The second-order valence-corrected chi connectivity index (χ2v) is 3.42. The average molecular weight is 276 g/mol. The van der Waals surface area contributed by atoms with Crippen molar-refractivity contribution < 1.29 is 32.0 Å². The second-order valence-electron chi connectivity index (χ2n) is 3.42. The molecule has 2 rings (SSSR count). The minimum atomic E-state index is -4.83. The predicted molar refractivity (Wildman–Crippen MR) is 51.7 cm³/mol. The van der Waals surface area contributed by atoms with Crippen molar-refractivity contribution in [2.75, 3.05) is 0 Å². The van der Waals surface area contributed by atoms with Gasteiger partial charge in [-0.3, -0.25) is 0 Å². The lowest BCUT2D eigenvalue weighted by atomic mass is 10.1. The number of hydrogen-bond acceptors (Lipinski definition) is 4. The van der Waals surface area contributed by atoms with Gasteiger partial charge in [-0.25, -0.2) is 9.18 Å². The molecule has 0 saturated carbocycles. The van der Waals surface area contributed by atoms with Crippen molar-refractivity contribution in [1.82, 2.24) is 10.1 Å². The van der Waals surface area contributed by atoms with E-state index in [9.17, 15) is 22.4 Å². The van der Waals surface area contributed by atoms with Crippen molar-refractivity contribution in [3.63, 3.8) is 0 Å². The van der Waals surface area contributed by atoms with E-state index in [1.807, 2.05) is 0 Å². The first kappa shape index (κ1) is 13.0. The highest BCUT2D eigenvalue weighted by molar-refractivity contribution is 5.88. The second kappa shape index (κ2) is 4.34. The largest absolute Gasteiger partial charge is 0.478 e. The number of benzene rings is 1. The maximum atomic E-state index is 13.5. The Balaban J connectivity index is 2.43. The lowest BCUT2D eigenvalue weighted by Crippen LogP contribution is -2.05. The van der Waals surface area contributed by atoms with Crippen LogP contribution in [0.25, 0.3) is 11.4 Å². The predicted octanol–water partition coefficient (Wildman–Crippen LogP) is 2.59. The lowest BCUT2D eigenvalue weighted by Gasteiger charge is -1.99. The fraction of sp³-hybridized carbons (Fsp3) is 0.100. The first-order chi connectivity index (χ1) is 8.79. The molecule has 1 N–H and O–H groups in total. The highest BCUT2D eigenvalue weighted by atomic mass is 19.4. The van der Waals surface area contributed by atoms with E-state index < -0.39 is 29.7 Å². The molecule has 1 aromatic carbocycles. The van der Waals surface area contributed by atoms with Crippen LogP contribution < -0.4 is 0 Å². The molecule has 1 aromatic heterocycles. The lowest BCUT2D eigenvalue weighted by molar-refractivity contribution is -0.159. The highest BCUT2D eigenvalue weighted by Gasteiger charge is 2.38. The molecule has 19 heavy (non-hydrogen) atoms. The zero-order valence-corrected chi connectivity index (χ0v) is 8.90. The molecule has 0 unspecified atom stereocenters. The first-order valence-electron chi connectivity index (χ1n) is 4.73. The number of rotatable bonds is 2. The van der Waals surface area contributed by atoms with Gasteiger partial charge in [0.15, 0.2) is 0 Å². The average Bonchev–Trinajstić information content (AvgIpc) is 2.77. The van der Waals surface area contributed by atoms with E-state index in [1.165, 1.54) is 0 Å². The monoisotopic (exact) mass is 276 g/mol. The summed E-state index contributed by atoms with van der Waals surface area (Å²) in [4.78, 5) is 13.6. The quantitative estimate of drug-likeness (QED) is 0.853. The standard InChI is InChI=1S/C10H4F4N2O3/c11-6-3-4(8(17)18)1-2-5(6)7-15-9(19-16-7)10(12,13)14/h1-3H,(H,17,18). The summed E-state index contributed by atoms with van der Waals surface area (Å²) in [6.45, 7) is 0. The summed E-state index contributed by atoms with van der Waals surface area (Å²) in [6, 6.07) is 2.63. The molecule has 9 heteroatoms. The number of carboxylic acid groups (broad SMARTS) is 1. The molecule has 0 bridgehead atoms. The van der Waals surface area contributed by atoms with E-state index >= 15 is 0 Å². The van der Waals surface area contributed by atoms with Crippen molar-refractivity contribution in [3.05, 3.63) is 35.5 Å². The molecule has 1 heterocycles. The number of hydrogen-bond donors (Lipinski definition) is 1. The number of aromatic nitrogens is 2. The normalized spacial score (nSPS) is 11.6. The van der Waals surface area contributed by atoms with Gasteiger partial charge in [0.1, 0.15) is 5.82 Å². The summed E-state index contributed by atoms with van der Waals surface area (Å²) in [5.74, 6) is -4.64. The summed E-state index contributed by atoms with van der Waals surface area (Å²) >= 11 is 0. The van der Waals surface area contributed by atoms with Crippen molar-refractivity contribution in [2.45, 2.75) is 6.18 Å². The summed E-state index contributed by atoms with van der Waals surface area (Å²) in [5, 5.41) is 11.6. The molecular formula is C10H4F4N2O3. The molecule has 5 nitrogen and oxygen atoms in total. The van der Waals surface area contributed by atoms with Crippen LogP contribution in [0.2, 0.25) is 0 Å². The minimum absolute atomic E-state index is 0.346. The van der Waals surface area contributed by atoms with E-state index in [0.717, 1.165) is 12.1 Å². The summed E-state index contributed by atoms with van der Waals surface area (Å²) in [6.07, 6.45) is -4.83. The summed E-state index contributed by atoms with van der Waals surface area (Å²) in [7, 11) is 0. The number of halogens is 4. The number of carbonyl (C=O) groups is 1. The molecule has 0 amide bonds. The van der Waals surface area contributed by atoms with Crippen LogP contribution in [0, 0.1) is 5.82 Å². The van der Waals surface area contributed by atoms with Crippen molar-refractivity contribution >= 4 is 5.97 Å². The Morgan fingerprint density at radius 3 is 2.47 bits per heavy atom. The van der Waals surface area contributed by atoms with Crippen LogP contribution in [0.4, 0.5) is 17.6 Å². The number of aromatic carboxylic acids is 1. The van der Waals surface area contributed by atoms with Crippen molar-refractivity contribution in [3.8, 4) is 11.4 Å². The van der Waals surface area contributed by atoms with E-state index in [-0.39, 0.29) is 11.1 Å². The molecular weight excluding hydrogens is 272 g/mol. The smallest absolute Gasteiger partial charge is 0.471 e. The number of alkyl halides is 3. The molecule has 0 aliphatic carbocycles. The van der Waals surface area contributed by atoms with Gasteiger partial charge in [0.25, 0.3) is 0 Å².